The van der Waals surface area contributed by atoms with Crippen molar-refractivity contribution in [3.05, 3.63) is 89.2 Å². The molecule has 1 aliphatic rings. The largest absolute Gasteiger partial charge is 0.493 e. The Bertz CT molecular complexity index is 1370. The van der Waals surface area contributed by atoms with Gasteiger partial charge in [-0.25, -0.2) is 4.98 Å². The molecule has 0 saturated carbocycles. The number of amides is 1. The minimum Gasteiger partial charge on any atom is -0.493 e. The summed E-state index contributed by atoms with van der Waals surface area (Å²) in [7, 11) is 0. The summed E-state index contributed by atoms with van der Waals surface area (Å²) < 4.78 is 8.51. The molecule has 1 amide bonds. The summed E-state index contributed by atoms with van der Waals surface area (Å²) in [5.74, 6) is 2.06. The van der Waals surface area contributed by atoms with E-state index in [1.165, 1.54) is 5.56 Å². The van der Waals surface area contributed by atoms with E-state index in [2.05, 4.69) is 43.5 Å². The molecule has 186 valence electrons. The van der Waals surface area contributed by atoms with Crippen LogP contribution in [0.25, 0.3) is 11.0 Å². The molecule has 6 heteroatoms. The summed E-state index contributed by atoms with van der Waals surface area (Å²) in [5, 5.41) is 0.663. The van der Waals surface area contributed by atoms with E-state index in [4.69, 9.17) is 21.3 Å². The summed E-state index contributed by atoms with van der Waals surface area (Å²) in [6, 6.07) is 23.9. The normalized spacial score (nSPS) is 16.2. The lowest BCUT2D eigenvalue weighted by Gasteiger charge is -2.22. The monoisotopic (exact) mass is 501 g/mol. The molecular weight excluding hydrogens is 470 g/mol. The summed E-state index contributed by atoms with van der Waals surface area (Å²) in [4.78, 5) is 19.8. The number of carbonyl (C=O) groups excluding carboxylic acids is 1. The lowest BCUT2D eigenvalue weighted by atomic mass is 9.86. The zero-order valence-corrected chi connectivity index (χ0v) is 21.8. The number of rotatable bonds is 7. The first-order valence-electron chi connectivity index (χ1n) is 12.5. The van der Waals surface area contributed by atoms with Crippen LogP contribution in [-0.4, -0.2) is 28.6 Å². The van der Waals surface area contributed by atoms with Gasteiger partial charge in [0.25, 0.3) is 0 Å². The van der Waals surface area contributed by atoms with Crippen molar-refractivity contribution < 1.29 is 9.53 Å². The Morgan fingerprint density at radius 1 is 1.00 bits per heavy atom. The fraction of sp³-hybridized carbons (Fsp3) is 0.333. The lowest BCUT2D eigenvalue weighted by Crippen LogP contribution is -2.24. The Balaban J connectivity index is 1.34. The van der Waals surface area contributed by atoms with Crippen LogP contribution in [0.1, 0.15) is 50.9 Å². The average Bonchev–Trinajstić information content (AvgIpc) is 3.42. The molecule has 1 fully saturated rings. The van der Waals surface area contributed by atoms with Gasteiger partial charge >= 0.3 is 0 Å². The molecule has 1 aromatic heterocycles. The number of aryl methyl sites for hydroxylation is 1. The molecule has 1 saturated heterocycles. The number of ether oxygens (including phenoxy) is 1. The van der Waals surface area contributed by atoms with E-state index in [9.17, 15) is 4.79 Å². The molecule has 5 rings (SSSR count). The minimum absolute atomic E-state index is 0.0231. The summed E-state index contributed by atoms with van der Waals surface area (Å²) in [5.41, 5.74) is 4.17. The first kappa shape index (κ1) is 24.4. The molecule has 0 radical (unpaired) electrons. The Kier molecular flexibility index (Phi) is 6.76. The maximum Gasteiger partial charge on any atom is 0.227 e. The second kappa shape index (κ2) is 9.98. The van der Waals surface area contributed by atoms with Crippen LogP contribution in [0.15, 0.2) is 72.8 Å². The van der Waals surface area contributed by atoms with E-state index in [1.54, 1.807) is 0 Å². The number of benzene rings is 3. The third-order valence-electron chi connectivity index (χ3n) is 6.79. The van der Waals surface area contributed by atoms with E-state index in [1.807, 2.05) is 59.5 Å². The van der Waals surface area contributed by atoms with Crippen LogP contribution in [0.4, 0.5) is 5.69 Å². The average molecular weight is 502 g/mol. The zero-order chi connectivity index (χ0) is 25.3. The van der Waals surface area contributed by atoms with Crippen LogP contribution in [0.3, 0.4) is 0 Å². The van der Waals surface area contributed by atoms with Crippen LogP contribution in [-0.2, 0) is 16.8 Å². The van der Waals surface area contributed by atoms with Gasteiger partial charge in [0.1, 0.15) is 11.6 Å². The zero-order valence-electron chi connectivity index (χ0n) is 21.1. The van der Waals surface area contributed by atoms with E-state index in [-0.39, 0.29) is 17.2 Å². The Morgan fingerprint density at radius 2 is 1.72 bits per heavy atom. The van der Waals surface area contributed by atoms with Gasteiger partial charge < -0.3 is 14.2 Å². The smallest absolute Gasteiger partial charge is 0.227 e. The number of para-hydroxylation sites is 3. The van der Waals surface area contributed by atoms with Gasteiger partial charge in [-0.15, -0.1) is 0 Å². The van der Waals surface area contributed by atoms with Gasteiger partial charge in [-0.1, -0.05) is 62.7 Å². The Morgan fingerprint density at radius 3 is 2.50 bits per heavy atom. The molecule has 0 N–H and O–H groups in total. The summed E-state index contributed by atoms with van der Waals surface area (Å²) in [6.07, 6.45) is 1.29. The second-order valence-electron chi connectivity index (χ2n) is 10.4. The maximum absolute atomic E-state index is 12.9. The van der Waals surface area contributed by atoms with Crippen LogP contribution in [0.2, 0.25) is 5.02 Å². The molecule has 1 aliphatic heterocycles. The highest BCUT2D eigenvalue weighted by molar-refractivity contribution is 6.30. The highest BCUT2D eigenvalue weighted by Crippen LogP contribution is 2.34. The summed E-state index contributed by atoms with van der Waals surface area (Å²) in [6.45, 7) is 8.61. The van der Waals surface area contributed by atoms with Gasteiger partial charge in [-0.05, 0) is 59.9 Å². The van der Waals surface area contributed by atoms with Crippen LogP contribution < -0.4 is 9.64 Å². The van der Waals surface area contributed by atoms with Crippen molar-refractivity contribution in [1.82, 2.24) is 9.55 Å². The predicted molar refractivity (Wildman–Crippen MR) is 146 cm³/mol. The van der Waals surface area contributed by atoms with Crippen molar-refractivity contribution in [1.29, 1.82) is 0 Å². The van der Waals surface area contributed by atoms with Crippen molar-refractivity contribution in [2.75, 3.05) is 18.1 Å². The topological polar surface area (TPSA) is 47.4 Å². The molecule has 1 atom stereocenters. The molecule has 1 unspecified atom stereocenters. The van der Waals surface area contributed by atoms with Crippen LogP contribution >= 0.6 is 11.6 Å². The number of hydrogen-bond acceptors (Lipinski definition) is 3. The molecule has 0 bridgehead atoms. The van der Waals surface area contributed by atoms with Gasteiger partial charge in [-0.2, -0.15) is 0 Å². The number of anilines is 1. The third kappa shape index (κ3) is 4.98. The molecule has 0 aliphatic carbocycles. The SMILES string of the molecule is CC(C)(C)c1ccccc1OCCCn1c(C2CC(=O)N(c3ccc(Cl)cc3)C2)nc2ccccc21. The molecule has 5 nitrogen and oxygen atoms in total. The molecule has 36 heavy (non-hydrogen) atoms. The van der Waals surface area contributed by atoms with E-state index in [0.29, 0.717) is 24.6 Å². The van der Waals surface area contributed by atoms with Gasteiger partial charge in [0.2, 0.25) is 5.91 Å². The number of aromatic nitrogens is 2. The van der Waals surface area contributed by atoms with Gasteiger partial charge in [0.15, 0.2) is 0 Å². The molecule has 0 spiro atoms. The quantitative estimate of drug-likeness (QED) is 0.257. The fourth-order valence-corrected chi connectivity index (χ4v) is 5.13. The minimum atomic E-state index is 0.0231. The van der Waals surface area contributed by atoms with Crippen molar-refractivity contribution in [3.8, 4) is 5.75 Å². The standard InChI is InChI=1S/C30H32ClN3O2/c1-30(2,3)24-9-4-7-12-27(24)36-18-8-17-33-26-11-6-5-10-25(26)32-29(33)21-19-28(35)34(20-21)23-15-13-22(31)14-16-23/h4-7,9-16,21H,8,17-20H2,1-3H3. The Hall–Kier alpha value is -3.31. The first-order chi connectivity index (χ1) is 17.3. The van der Waals surface area contributed by atoms with E-state index in [0.717, 1.165) is 41.3 Å². The second-order valence-corrected chi connectivity index (χ2v) is 10.9. The van der Waals surface area contributed by atoms with Crippen molar-refractivity contribution in [3.63, 3.8) is 0 Å². The van der Waals surface area contributed by atoms with Crippen LogP contribution in [0, 0.1) is 0 Å². The number of fused-ring (bicyclic) bond motifs is 1. The highest BCUT2D eigenvalue weighted by Gasteiger charge is 2.34. The molecule has 3 aromatic carbocycles. The maximum atomic E-state index is 12.9. The number of hydrogen-bond donors (Lipinski definition) is 0. The van der Waals surface area contributed by atoms with Crippen molar-refractivity contribution >= 4 is 34.2 Å². The number of imidazole rings is 1. The highest BCUT2D eigenvalue weighted by atomic mass is 35.5. The van der Waals surface area contributed by atoms with Gasteiger partial charge in [0.05, 0.1) is 17.6 Å². The van der Waals surface area contributed by atoms with E-state index < -0.39 is 0 Å². The van der Waals surface area contributed by atoms with Crippen molar-refractivity contribution in [2.24, 2.45) is 0 Å². The summed E-state index contributed by atoms with van der Waals surface area (Å²) >= 11 is 6.05. The molecular formula is C30H32ClN3O2. The number of carbonyl (C=O) groups is 1. The van der Waals surface area contributed by atoms with E-state index >= 15 is 0 Å². The lowest BCUT2D eigenvalue weighted by molar-refractivity contribution is -0.117. The van der Waals surface area contributed by atoms with Crippen LogP contribution in [0.5, 0.6) is 5.75 Å². The predicted octanol–water partition coefficient (Wildman–Crippen LogP) is 6.98. The Labute approximate surface area is 217 Å². The third-order valence-corrected chi connectivity index (χ3v) is 7.04. The van der Waals surface area contributed by atoms with Crippen molar-refractivity contribution in [2.45, 2.75) is 51.5 Å². The molecule has 4 aromatic rings. The first-order valence-corrected chi connectivity index (χ1v) is 12.9. The number of nitrogens with zero attached hydrogens (tertiary/aromatic N) is 3. The van der Waals surface area contributed by atoms with Gasteiger partial charge in [-0.3, -0.25) is 4.79 Å². The van der Waals surface area contributed by atoms with Gasteiger partial charge in [0, 0.05) is 36.1 Å². The fourth-order valence-electron chi connectivity index (χ4n) is 5.01. The molecule has 2 heterocycles. The number of halogens is 1.